The third-order valence-electron chi connectivity index (χ3n) is 6.03. The van der Waals surface area contributed by atoms with E-state index in [0.717, 1.165) is 36.2 Å². The third kappa shape index (κ3) is 3.81. The molecule has 154 valence electrons. The first-order valence-corrected chi connectivity index (χ1v) is 10.4. The Morgan fingerprint density at radius 2 is 2.00 bits per heavy atom. The molecule has 0 saturated carbocycles. The molecule has 1 fully saturated rings. The summed E-state index contributed by atoms with van der Waals surface area (Å²) in [7, 11) is 0. The van der Waals surface area contributed by atoms with Crippen LogP contribution in [0.15, 0.2) is 35.1 Å². The van der Waals surface area contributed by atoms with Crippen LogP contribution in [-0.4, -0.2) is 40.2 Å². The molecule has 4 rings (SSSR count). The van der Waals surface area contributed by atoms with Gasteiger partial charge in [0.05, 0.1) is 13.2 Å². The summed E-state index contributed by atoms with van der Waals surface area (Å²) in [6.07, 6.45) is 1.91. The van der Waals surface area contributed by atoms with E-state index in [4.69, 9.17) is 4.74 Å². The molecule has 0 unspecified atom stereocenters. The van der Waals surface area contributed by atoms with Gasteiger partial charge in [0, 0.05) is 49.8 Å². The van der Waals surface area contributed by atoms with Gasteiger partial charge in [0.1, 0.15) is 5.75 Å². The second kappa shape index (κ2) is 8.03. The van der Waals surface area contributed by atoms with Crippen molar-refractivity contribution in [2.24, 2.45) is 5.92 Å². The number of fused-ring (bicyclic) bond motifs is 4. The van der Waals surface area contributed by atoms with E-state index >= 15 is 0 Å². The predicted molar refractivity (Wildman–Crippen MR) is 111 cm³/mol. The Morgan fingerprint density at radius 3 is 2.72 bits per heavy atom. The number of piperidine rings is 1. The van der Waals surface area contributed by atoms with Gasteiger partial charge >= 0.3 is 0 Å². The van der Waals surface area contributed by atoms with Gasteiger partial charge in [-0.15, -0.1) is 0 Å². The first-order chi connectivity index (χ1) is 14.0. The molecule has 0 spiro atoms. The molecule has 29 heavy (non-hydrogen) atoms. The maximum Gasteiger partial charge on any atom is 0.251 e. The van der Waals surface area contributed by atoms with E-state index in [2.05, 4.69) is 6.07 Å². The second-order valence-electron chi connectivity index (χ2n) is 8.17. The van der Waals surface area contributed by atoms with Crippen LogP contribution in [0.5, 0.6) is 5.75 Å². The molecule has 2 bridgehead atoms. The van der Waals surface area contributed by atoms with E-state index in [1.807, 2.05) is 34.6 Å². The van der Waals surface area contributed by atoms with Gasteiger partial charge < -0.3 is 19.3 Å². The fourth-order valence-electron chi connectivity index (χ4n) is 4.62. The van der Waals surface area contributed by atoms with Crippen LogP contribution in [0.1, 0.15) is 43.9 Å². The van der Waals surface area contributed by atoms with Gasteiger partial charge in [-0.1, -0.05) is 13.0 Å². The Morgan fingerprint density at radius 1 is 1.17 bits per heavy atom. The summed E-state index contributed by atoms with van der Waals surface area (Å²) in [6, 6.07) is 9.45. The molecule has 2 aliphatic rings. The number of hydrogen-bond donors (Lipinski definition) is 1. The number of hydrogen-bond acceptors (Lipinski definition) is 4. The number of aliphatic hydroxyl groups is 1. The molecule has 1 aromatic heterocycles. The Kier molecular flexibility index (Phi) is 5.46. The van der Waals surface area contributed by atoms with Gasteiger partial charge in [0.25, 0.3) is 5.56 Å². The Bertz CT molecular complexity index is 981. The van der Waals surface area contributed by atoms with Gasteiger partial charge in [-0.3, -0.25) is 9.59 Å². The topological polar surface area (TPSA) is 71.8 Å². The SMILES string of the molecule is CCCOc1ccc(-c2cc3n(c(=O)c2)C[C@H]2C[C@@H]3CN(C(C)=O)C2)cc1CO. The summed E-state index contributed by atoms with van der Waals surface area (Å²) in [5.41, 5.74) is 3.46. The molecule has 2 aromatic rings. The number of rotatable bonds is 5. The van der Waals surface area contributed by atoms with Crippen molar-refractivity contribution in [3.8, 4) is 16.9 Å². The highest BCUT2D eigenvalue weighted by Crippen LogP contribution is 2.37. The summed E-state index contributed by atoms with van der Waals surface area (Å²) in [5.74, 6) is 1.30. The van der Waals surface area contributed by atoms with E-state index in [-0.39, 0.29) is 24.0 Å². The van der Waals surface area contributed by atoms with Gasteiger partial charge in [0.2, 0.25) is 5.91 Å². The lowest BCUT2D eigenvalue weighted by molar-refractivity contribution is -0.131. The van der Waals surface area contributed by atoms with Crippen LogP contribution in [0.3, 0.4) is 0 Å². The highest BCUT2D eigenvalue weighted by Gasteiger charge is 2.35. The van der Waals surface area contributed by atoms with Gasteiger partial charge in [-0.2, -0.15) is 0 Å². The van der Waals surface area contributed by atoms with Crippen molar-refractivity contribution in [1.29, 1.82) is 0 Å². The molecule has 1 aromatic carbocycles. The number of aliphatic hydroxyl groups excluding tert-OH is 1. The van der Waals surface area contributed by atoms with E-state index in [9.17, 15) is 14.7 Å². The molecule has 2 aliphatic heterocycles. The van der Waals surface area contributed by atoms with E-state index in [1.165, 1.54) is 0 Å². The lowest BCUT2D eigenvalue weighted by atomic mass is 9.82. The zero-order valence-corrected chi connectivity index (χ0v) is 17.1. The normalized spacial score (nSPS) is 20.3. The predicted octanol–water partition coefficient (Wildman–Crippen LogP) is 2.76. The minimum atomic E-state index is -0.116. The largest absolute Gasteiger partial charge is 0.493 e. The van der Waals surface area contributed by atoms with Crippen molar-refractivity contribution in [3.05, 3.63) is 51.9 Å². The Labute approximate surface area is 170 Å². The van der Waals surface area contributed by atoms with Crippen molar-refractivity contribution < 1.29 is 14.6 Å². The molecule has 1 N–H and O–H groups in total. The molecular weight excluding hydrogens is 368 g/mol. The maximum atomic E-state index is 12.9. The van der Waals surface area contributed by atoms with Crippen molar-refractivity contribution in [2.45, 2.75) is 45.8 Å². The molecule has 0 radical (unpaired) electrons. The molecule has 6 nitrogen and oxygen atoms in total. The van der Waals surface area contributed by atoms with Crippen molar-refractivity contribution in [1.82, 2.24) is 9.47 Å². The first kappa shape index (κ1) is 19.7. The minimum Gasteiger partial charge on any atom is -0.493 e. The standard InChI is InChI=1S/C23H28N2O4/c1-3-6-29-22-5-4-17(8-20(22)14-26)18-9-21-19-7-16(11-24(13-19)15(2)27)12-25(21)23(28)10-18/h4-5,8-10,16,19,26H,3,6-7,11-14H2,1-2H3/t16-,19+/m0/s1. The van der Waals surface area contributed by atoms with E-state index < -0.39 is 0 Å². The van der Waals surface area contributed by atoms with Gasteiger partial charge in [0.15, 0.2) is 0 Å². The van der Waals surface area contributed by atoms with Crippen LogP contribution in [0.25, 0.3) is 11.1 Å². The van der Waals surface area contributed by atoms with Gasteiger partial charge in [-0.25, -0.2) is 0 Å². The lowest BCUT2D eigenvalue weighted by Crippen LogP contribution is -2.48. The number of benzene rings is 1. The van der Waals surface area contributed by atoms with Crippen LogP contribution in [-0.2, 0) is 17.9 Å². The number of nitrogens with zero attached hydrogens (tertiary/aromatic N) is 2. The Hall–Kier alpha value is -2.60. The van der Waals surface area contributed by atoms with E-state index in [1.54, 1.807) is 13.0 Å². The zero-order valence-electron chi connectivity index (χ0n) is 17.1. The summed E-state index contributed by atoms with van der Waals surface area (Å²) < 4.78 is 7.59. The maximum absolute atomic E-state index is 12.9. The fourth-order valence-corrected chi connectivity index (χ4v) is 4.62. The molecule has 2 atom stereocenters. The van der Waals surface area contributed by atoms with Crippen LogP contribution < -0.4 is 10.3 Å². The highest BCUT2D eigenvalue weighted by molar-refractivity contribution is 5.73. The fraction of sp³-hybridized carbons (Fsp3) is 0.478. The summed E-state index contributed by atoms with van der Waals surface area (Å²) in [4.78, 5) is 26.7. The first-order valence-electron chi connectivity index (χ1n) is 10.4. The average molecular weight is 396 g/mol. The number of ether oxygens (including phenoxy) is 1. The molecule has 1 amide bonds. The number of amides is 1. The van der Waals surface area contributed by atoms with Crippen LogP contribution in [0.2, 0.25) is 0 Å². The van der Waals surface area contributed by atoms with Crippen molar-refractivity contribution in [2.75, 3.05) is 19.7 Å². The Balaban J connectivity index is 1.71. The second-order valence-corrected chi connectivity index (χ2v) is 8.17. The summed E-state index contributed by atoms with van der Waals surface area (Å²) in [5, 5.41) is 9.75. The zero-order chi connectivity index (χ0) is 20.5. The van der Waals surface area contributed by atoms with Crippen LogP contribution in [0.4, 0.5) is 0 Å². The number of pyridine rings is 1. The summed E-state index contributed by atoms with van der Waals surface area (Å²) >= 11 is 0. The molecule has 3 heterocycles. The minimum absolute atomic E-state index is 0.000308. The number of carbonyl (C=O) groups excluding carboxylic acids is 1. The van der Waals surface area contributed by atoms with Crippen LogP contribution in [0, 0.1) is 5.92 Å². The molecule has 6 heteroatoms. The van der Waals surface area contributed by atoms with Gasteiger partial charge in [-0.05, 0) is 48.1 Å². The van der Waals surface area contributed by atoms with Crippen molar-refractivity contribution >= 4 is 5.91 Å². The quantitative estimate of drug-likeness (QED) is 0.844. The molecular formula is C23H28N2O4. The number of aromatic nitrogens is 1. The molecule has 0 aliphatic carbocycles. The number of carbonyl (C=O) groups is 1. The smallest absolute Gasteiger partial charge is 0.251 e. The highest BCUT2D eigenvalue weighted by atomic mass is 16.5. The lowest BCUT2D eigenvalue weighted by Gasteiger charge is -2.42. The average Bonchev–Trinajstić information content (AvgIpc) is 2.72. The third-order valence-corrected chi connectivity index (χ3v) is 6.03. The van der Waals surface area contributed by atoms with Crippen molar-refractivity contribution in [3.63, 3.8) is 0 Å². The summed E-state index contributed by atoms with van der Waals surface area (Å²) in [6.45, 7) is 6.20. The van der Waals surface area contributed by atoms with Crippen LogP contribution >= 0.6 is 0 Å². The number of likely N-dealkylation sites (tertiary alicyclic amines) is 1. The molecule has 1 saturated heterocycles. The monoisotopic (exact) mass is 396 g/mol. The van der Waals surface area contributed by atoms with E-state index in [0.29, 0.717) is 36.9 Å².